The summed E-state index contributed by atoms with van der Waals surface area (Å²) >= 11 is 1.44. The summed E-state index contributed by atoms with van der Waals surface area (Å²) in [6.45, 7) is 0.769. The van der Waals surface area contributed by atoms with Crippen molar-refractivity contribution < 1.29 is 4.79 Å². The van der Waals surface area contributed by atoms with E-state index in [1.165, 1.54) is 17.7 Å². The molecule has 0 saturated carbocycles. The van der Waals surface area contributed by atoms with E-state index in [4.69, 9.17) is 0 Å². The zero-order valence-electron chi connectivity index (χ0n) is 9.69. The van der Waals surface area contributed by atoms with Crippen LogP contribution in [0.2, 0.25) is 0 Å². The van der Waals surface area contributed by atoms with E-state index in [0.29, 0.717) is 5.69 Å². The van der Waals surface area contributed by atoms with Crippen LogP contribution in [-0.4, -0.2) is 32.3 Å². The van der Waals surface area contributed by atoms with Gasteiger partial charge < -0.3 is 4.90 Å². The van der Waals surface area contributed by atoms with Crippen LogP contribution in [0.1, 0.15) is 35.1 Å². The van der Waals surface area contributed by atoms with Crippen LogP contribution < -0.4 is 0 Å². The van der Waals surface area contributed by atoms with Crippen molar-refractivity contribution in [2.75, 3.05) is 6.54 Å². The van der Waals surface area contributed by atoms with Gasteiger partial charge in [-0.15, -0.1) is 11.3 Å². The normalized spacial score (nSPS) is 19.1. The van der Waals surface area contributed by atoms with Gasteiger partial charge in [0.1, 0.15) is 12.0 Å². The molecule has 0 spiro atoms. The Bertz CT molecular complexity index is 528. The quantitative estimate of drug-likeness (QED) is 0.827. The van der Waals surface area contributed by atoms with Gasteiger partial charge in [0.2, 0.25) is 0 Å². The number of likely N-dealkylation sites (tertiary alicyclic amines) is 1. The Morgan fingerprint density at radius 2 is 2.39 bits per heavy atom. The van der Waals surface area contributed by atoms with E-state index >= 15 is 0 Å². The topological polar surface area (TPSA) is 59.0 Å². The standard InChI is InChI=1S/C12H12N4OS/c17-12(10-6-18-8-15-10)16-5-1-2-11(16)9-3-4-13-7-14-9/h3-4,6-8,11H,1-2,5H2/t11-/m0/s1. The summed E-state index contributed by atoms with van der Waals surface area (Å²) in [5, 5.41) is 1.79. The van der Waals surface area contributed by atoms with E-state index in [1.807, 2.05) is 11.0 Å². The first-order chi connectivity index (χ1) is 8.86. The molecule has 2 aromatic rings. The lowest BCUT2D eigenvalue weighted by Gasteiger charge is -2.23. The summed E-state index contributed by atoms with van der Waals surface area (Å²) in [6.07, 6.45) is 5.20. The van der Waals surface area contributed by atoms with E-state index in [9.17, 15) is 4.79 Å². The van der Waals surface area contributed by atoms with Crippen LogP contribution in [-0.2, 0) is 0 Å². The van der Waals surface area contributed by atoms with Gasteiger partial charge in [-0.1, -0.05) is 0 Å². The second kappa shape index (κ2) is 4.81. The van der Waals surface area contributed by atoms with Crippen LogP contribution in [0.25, 0.3) is 0 Å². The number of thiazole rings is 1. The minimum Gasteiger partial charge on any atom is -0.329 e. The maximum absolute atomic E-state index is 12.3. The number of hydrogen-bond acceptors (Lipinski definition) is 5. The van der Waals surface area contributed by atoms with Crippen LogP contribution in [0.5, 0.6) is 0 Å². The number of carbonyl (C=O) groups excluding carboxylic acids is 1. The summed E-state index contributed by atoms with van der Waals surface area (Å²) in [6, 6.07) is 1.93. The molecule has 0 unspecified atom stereocenters. The zero-order valence-corrected chi connectivity index (χ0v) is 10.5. The van der Waals surface area contributed by atoms with E-state index in [0.717, 1.165) is 25.1 Å². The number of rotatable bonds is 2. The number of carbonyl (C=O) groups is 1. The Kier molecular flexibility index (Phi) is 3.02. The van der Waals surface area contributed by atoms with Crippen molar-refractivity contribution in [2.45, 2.75) is 18.9 Å². The molecule has 0 N–H and O–H groups in total. The second-order valence-corrected chi connectivity index (χ2v) is 4.88. The minimum atomic E-state index is -0.00244. The van der Waals surface area contributed by atoms with Crippen molar-refractivity contribution in [3.63, 3.8) is 0 Å². The van der Waals surface area contributed by atoms with Crippen LogP contribution >= 0.6 is 11.3 Å². The Morgan fingerprint density at radius 1 is 1.44 bits per heavy atom. The Balaban J connectivity index is 1.86. The largest absolute Gasteiger partial charge is 0.329 e. The highest BCUT2D eigenvalue weighted by molar-refractivity contribution is 7.07. The fourth-order valence-corrected chi connectivity index (χ4v) is 2.81. The molecule has 1 fully saturated rings. The average molecular weight is 260 g/mol. The number of aromatic nitrogens is 3. The summed E-state index contributed by atoms with van der Waals surface area (Å²) < 4.78 is 0. The van der Waals surface area contributed by atoms with Crippen LogP contribution in [0, 0.1) is 0 Å². The Morgan fingerprint density at radius 3 is 3.11 bits per heavy atom. The lowest BCUT2D eigenvalue weighted by atomic mass is 10.1. The van der Waals surface area contributed by atoms with Crippen molar-refractivity contribution in [2.24, 2.45) is 0 Å². The fraction of sp³-hybridized carbons (Fsp3) is 0.333. The van der Waals surface area contributed by atoms with Crippen LogP contribution in [0.4, 0.5) is 0 Å². The molecule has 3 rings (SSSR count). The lowest BCUT2D eigenvalue weighted by molar-refractivity contribution is 0.0727. The number of nitrogens with zero attached hydrogens (tertiary/aromatic N) is 4. The zero-order chi connectivity index (χ0) is 12.4. The van der Waals surface area contributed by atoms with E-state index in [-0.39, 0.29) is 11.9 Å². The first-order valence-corrected chi connectivity index (χ1v) is 6.75. The first kappa shape index (κ1) is 11.3. The molecule has 92 valence electrons. The maximum atomic E-state index is 12.3. The highest BCUT2D eigenvalue weighted by Crippen LogP contribution is 2.31. The predicted molar refractivity (Wildman–Crippen MR) is 67.2 cm³/mol. The minimum absolute atomic E-state index is 0.00244. The van der Waals surface area contributed by atoms with Crippen LogP contribution in [0.15, 0.2) is 29.5 Å². The molecular formula is C12H12N4OS. The van der Waals surface area contributed by atoms with Gasteiger partial charge in [-0.05, 0) is 18.9 Å². The molecule has 18 heavy (non-hydrogen) atoms. The Hall–Kier alpha value is -1.82. The summed E-state index contributed by atoms with van der Waals surface area (Å²) in [5.74, 6) is -0.00244. The molecule has 5 nitrogen and oxygen atoms in total. The van der Waals surface area contributed by atoms with Gasteiger partial charge in [0.15, 0.2) is 0 Å². The van der Waals surface area contributed by atoms with Gasteiger partial charge in [0, 0.05) is 18.1 Å². The molecule has 1 atom stereocenters. The summed E-state index contributed by atoms with van der Waals surface area (Å²) in [5.41, 5.74) is 3.12. The Labute approximate surface area is 109 Å². The van der Waals surface area contributed by atoms with Crippen molar-refractivity contribution >= 4 is 17.2 Å². The van der Waals surface area contributed by atoms with Gasteiger partial charge in [0.25, 0.3) is 5.91 Å². The molecule has 6 heteroatoms. The molecule has 1 amide bonds. The molecule has 0 radical (unpaired) electrons. The van der Waals surface area contributed by atoms with Crippen molar-refractivity contribution in [3.05, 3.63) is 40.9 Å². The third kappa shape index (κ3) is 1.99. The van der Waals surface area contributed by atoms with Gasteiger partial charge in [-0.25, -0.2) is 15.0 Å². The van der Waals surface area contributed by atoms with Crippen LogP contribution in [0.3, 0.4) is 0 Å². The average Bonchev–Trinajstić information content (AvgIpc) is 3.10. The monoisotopic (exact) mass is 260 g/mol. The fourth-order valence-electron chi connectivity index (χ4n) is 2.28. The number of amides is 1. The molecule has 0 aromatic carbocycles. The molecule has 1 aliphatic heterocycles. The smallest absolute Gasteiger partial charge is 0.273 e. The highest BCUT2D eigenvalue weighted by Gasteiger charge is 2.32. The van der Waals surface area contributed by atoms with E-state index in [1.54, 1.807) is 17.1 Å². The molecule has 1 aliphatic rings. The molecule has 0 aliphatic carbocycles. The number of hydrogen-bond donors (Lipinski definition) is 0. The van der Waals surface area contributed by atoms with E-state index < -0.39 is 0 Å². The summed E-state index contributed by atoms with van der Waals surface area (Å²) in [7, 11) is 0. The van der Waals surface area contributed by atoms with Gasteiger partial charge >= 0.3 is 0 Å². The first-order valence-electron chi connectivity index (χ1n) is 5.81. The van der Waals surface area contributed by atoms with Gasteiger partial charge in [0.05, 0.1) is 17.2 Å². The molecule has 3 heterocycles. The summed E-state index contributed by atoms with van der Waals surface area (Å²) in [4.78, 5) is 26.4. The maximum Gasteiger partial charge on any atom is 0.273 e. The van der Waals surface area contributed by atoms with E-state index in [2.05, 4.69) is 15.0 Å². The molecular weight excluding hydrogens is 248 g/mol. The molecule has 2 aromatic heterocycles. The molecule has 1 saturated heterocycles. The third-order valence-corrected chi connectivity index (χ3v) is 3.70. The SMILES string of the molecule is O=C(c1cscn1)N1CCC[C@H]1c1ccncn1. The third-order valence-electron chi connectivity index (χ3n) is 3.11. The molecule has 0 bridgehead atoms. The second-order valence-electron chi connectivity index (χ2n) is 4.16. The predicted octanol–water partition coefficient (Wildman–Crippen LogP) is 1.91. The highest BCUT2D eigenvalue weighted by atomic mass is 32.1. The van der Waals surface area contributed by atoms with Crippen molar-refractivity contribution in [3.8, 4) is 0 Å². The van der Waals surface area contributed by atoms with Gasteiger partial charge in [-0.3, -0.25) is 4.79 Å². The lowest BCUT2D eigenvalue weighted by Crippen LogP contribution is -2.31. The van der Waals surface area contributed by atoms with Gasteiger partial charge in [-0.2, -0.15) is 0 Å². The van der Waals surface area contributed by atoms with Crippen molar-refractivity contribution in [1.29, 1.82) is 0 Å². The van der Waals surface area contributed by atoms with Crippen molar-refractivity contribution in [1.82, 2.24) is 19.9 Å².